The Kier molecular flexibility index (Phi) is 7.45. The molecule has 1 aliphatic carbocycles. The van der Waals surface area contributed by atoms with Gasteiger partial charge in [-0.05, 0) is 12.8 Å². The number of carbonyl (C=O) groups excluding carboxylic acids is 1. The fourth-order valence-electron chi connectivity index (χ4n) is 2.76. The van der Waals surface area contributed by atoms with E-state index in [2.05, 4.69) is 20.2 Å². The molecule has 1 saturated carbocycles. The Bertz CT molecular complexity index is 737. The van der Waals surface area contributed by atoms with Gasteiger partial charge in [-0.25, -0.2) is 9.98 Å². The number of likely N-dealkylation sites (N-methyl/N-ethyl adjacent to an activating group) is 1. The summed E-state index contributed by atoms with van der Waals surface area (Å²) in [7, 11) is 5.20. The zero-order valence-corrected chi connectivity index (χ0v) is 18.4. The van der Waals surface area contributed by atoms with E-state index >= 15 is 0 Å². The Morgan fingerprint density at radius 3 is 2.56 bits per heavy atom. The number of aryl methyl sites for hydroxylation is 1. The standard InChI is InChI=1S/C17H27N7O2.HI/c1-21(2)14(25)12-19-17(20-13-4-5-13)24-10-8-23(9-11-24)15-16(26)22(3)7-6-18-15;/h6-7,13H,4-5,8-12H2,1-3H3,(H,19,20);1H. The first-order valence-corrected chi connectivity index (χ1v) is 8.98. The summed E-state index contributed by atoms with van der Waals surface area (Å²) in [5, 5.41) is 3.44. The van der Waals surface area contributed by atoms with E-state index in [1.807, 2.05) is 4.90 Å². The number of amides is 1. The maximum Gasteiger partial charge on any atom is 0.293 e. The van der Waals surface area contributed by atoms with Crippen LogP contribution in [0.4, 0.5) is 5.82 Å². The molecular formula is C17H28IN7O2. The van der Waals surface area contributed by atoms with Crippen molar-refractivity contribution in [1.82, 2.24) is 24.7 Å². The van der Waals surface area contributed by atoms with E-state index in [4.69, 9.17) is 0 Å². The molecule has 0 radical (unpaired) electrons. The average molecular weight is 489 g/mol. The first-order chi connectivity index (χ1) is 12.5. The van der Waals surface area contributed by atoms with Crippen LogP contribution in [0.15, 0.2) is 22.2 Å². The number of rotatable bonds is 4. The summed E-state index contributed by atoms with van der Waals surface area (Å²) in [6.07, 6.45) is 5.60. The second kappa shape index (κ2) is 9.38. The highest BCUT2D eigenvalue weighted by molar-refractivity contribution is 14.0. The number of hydrogen-bond acceptors (Lipinski definition) is 5. The fraction of sp³-hybridized carbons (Fsp3) is 0.647. The molecule has 1 saturated heterocycles. The van der Waals surface area contributed by atoms with Crippen LogP contribution in [0.1, 0.15) is 12.8 Å². The lowest BCUT2D eigenvalue weighted by Gasteiger charge is -2.37. The Morgan fingerprint density at radius 1 is 1.30 bits per heavy atom. The highest BCUT2D eigenvalue weighted by Gasteiger charge is 2.27. The Hall–Kier alpha value is -1.85. The molecule has 0 atom stereocenters. The van der Waals surface area contributed by atoms with Crippen molar-refractivity contribution < 1.29 is 4.79 Å². The van der Waals surface area contributed by atoms with E-state index in [1.54, 1.807) is 43.0 Å². The molecule has 1 aromatic heterocycles. The minimum Gasteiger partial charge on any atom is -0.353 e. The quantitative estimate of drug-likeness (QED) is 0.356. The minimum atomic E-state index is -0.0810. The highest BCUT2D eigenvalue weighted by Crippen LogP contribution is 2.19. The van der Waals surface area contributed by atoms with Gasteiger partial charge in [0.05, 0.1) is 0 Å². The van der Waals surface area contributed by atoms with Crippen LogP contribution in [-0.2, 0) is 11.8 Å². The molecule has 1 aliphatic heterocycles. The van der Waals surface area contributed by atoms with E-state index < -0.39 is 0 Å². The number of halogens is 1. The maximum absolute atomic E-state index is 12.2. The van der Waals surface area contributed by atoms with Crippen LogP contribution in [0.3, 0.4) is 0 Å². The number of nitrogens with one attached hydrogen (secondary N) is 1. The van der Waals surface area contributed by atoms with Gasteiger partial charge in [-0.1, -0.05) is 0 Å². The number of anilines is 1. The minimum absolute atomic E-state index is 0. The lowest BCUT2D eigenvalue weighted by atomic mass is 10.3. The molecule has 1 amide bonds. The van der Waals surface area contributed by atoms with E-state index in [-0.39, 0.29) is 42.0 Å². The number of hydrogen-bond donors (Lipinski definition) is 1. The lowest BCUT2D eigenvalue weighted by molar-refractivity contribution is -0.127. The summed E-state index contributed by atoms with van der Waals surface area (Å²) in [5.41, 5.74) is -0.0810. The second-order valence-electron chi connectivity index (χ2n) is 6.99. The molecule has 2 fully saturated rings. The third-order valence-electron chi connectivity index (χ3n) is 4.65. The highest BCUT2D eigenvalue weighted by atomic mass is 127. The number of carbonyl (C=O) groups is 1. The first-order valence-electron chi connectivity index (χ1n) is 8.98. The van der Waals surface area contributed by atoms with Crippen LogP contribution in [0.25, 0.3) is 0 Å². The molecule has 0 spiro atoms. The van der Waals surface area contributed by atoms with Crippen molar-refractivity contribution in [3.63, 3.8) is 0 Å². The molecule has 1 N–H and O–H groups in total. The van der Waals surface area contributed by atoms with Gasteiger partial charge in [0.2, 0.25) is 5.91 Å². The molecule has 1 aromatic rings. The smallest absolute Gasteiger partial charge is 0.293 e. The third kappa shape index (κ3) is 5.56. The van der Waals surface area contributed by atoms with Gasteiger partial charge in [0, 0.05) is 65.8 Å². The van der Waals surface area contributed by atoms with Crippen molar-refractivity contribution in [3.05, 3.63) is 22.7 Å². The SMILES string of the molecule is CN(C)C(=O)CN=C(NC1CC1)N1CCN(c2nccn(C)c2=O)CC1.I. The summed E-state index contributed by atoms with van der Waals surface area (Å²) in [5.74, 6) is 1.26. The monoisotopic (exact) mass is 489 g/mol. The van der Waals surface area contributed by atoms with Gasteiger partial charge in [0.15, 0.2) is 11.8 Å². The van der Waals surface area contributed by atoms with Crippen LogP contribution in [0.2, 0.25) is 0 Å². The van der Waals surface area contributed by atoms with Crippen molar-refractivity contribution >= 4 is 41.7 Å². The van der Waals surface area contributed by atoms with Crippen LogP contribution < -0.4 is 15.8 Å². The zero-order valence-electron chi connectivity index (χ0n) is 16.1. The van der Waals surface area contributed by atoms with Gasteiger partial charge >= 0.3 is 0 Å². The summed E-state index contributed by atoms with van der Waals surface area (Å²) in [6.45, 7) is 2.99. The van der Waals surface area contributed by atoms with Gasteiger partial charge in [0.25, 0.3) is 5.56 Å². The van der Waals surface area contributed by atoms with Crippen LogP contribution in [0.5, 0.6) is 0 Å². The van der Waals surface area contributed by atoms with Crippen molar-refractivity contribution in [3.8, 4) is 0 Å². The van der Waals surface area contributed by atoms with Crippen molar-refractivity contribution in [2.24, 2.45) is 12.0 Å². The Morgan fingerprint density at radius 2 is 1.96 bits per heavy atom. The Balaban J connectivity index is 0.00000261. The molecule has 3 rings (SSSR count). The maximum atomic E-state index is 12.2. The molecule has 0 bridgehead atoms. The molecule has 10 heteroatoms. The summed E-state index contributed by atoms with van der Waals surface area (Å²) in [4.78, 5) is 38.6. The average Bonchev–Trinajstić information content (AvgIpc) is 3.45. The largest absolute Gasteiger partial charge is 0.353 e. The zero-order chi connectivity index (χ0) is 18.7. The van der Waals surface area contributed by atoms with Crippen LogP contribution >= 0.6 is 24.0 Å². The molecule has 0 aromatic carbocycles. The van der Waals surface area contributed by atoms with Crippen molar-refractivity contribution in [1.29, 1.82) is 0 Å². The molecule has 150 valence electrons. The molecule has 2 heterocycles. The third-order valence-corrected chi connectivity index (χ3v) is 4.65. The van der Waals surface area contributed by atoms with E-state index in [1.165, 1.54) is 0 Å². The van der Waals surface area contributed by atoms with Crippen LogP contribution in [0, 0.1) is 0 Å². The molecule has 2 aliphatic rings. The normalized spacial score (nSPS) is 17.4. The van der Waals surface area contributed by atoms with E-state index in [9.17, 15) is 9.59 Å². The van der Waals surface area contributed by atoms with Crippen molar-refractivity contribution in [2.45, 2.75) is 18.9 Å². The molecule has 0 unspecified atom stereocenters. The molecule has 27 heavy (non-hydrogen) atoms. The fourth-order valence-corrected chi connectivity index (χ4v) is 2.76. The number of nitrogens with zero attached hydrogens (tertiary/aromatic N) is 6. The van der Waals surface area contributed by atoms with Gasteiger partial charge in [-0.3, -0.25) is 9.59 Å². The Labute approximate surface area is 176 Å². The van der Waals surface area contributed by atoms with Crippen molar-refractivity contribution in [2.75, 3.05) is 51.7 Å². The van der Waals surface area contributed by atoms with Gasteiger partial charge < -0.3 is 24.6 Å². The second-order valence-corrected chi connectivity index (χ2v) is 6.99. The predicted octanol–water partition coefficient (Wildman–Crippen LogP) is -0.283. The predicted molar refractivity (Wildman–Crippen MR) is 116 cm³/mol. The summed E-state index contributed by atoms with van der Waals surface area (Å²) < 4.78 is 1.54. The lowest BCUT2D eigenvalue weighted by Crippen LogP contribution is -2.54. The number of aliphatic imine (C=N–C) groups is 1. The number of piperazine rings is 1. The molecular weight excluding hydrogens is 461 g/mol. The van der Waals surface area contributed by atoms with Gasteiger partial charge in [0.1, 0.15) is 6.54 Å². The number of aromatic nitrogens is 2. The van der Waals surface area contributed by atoms with E-state index in [0.717, 1.165) is 31.9 Å². The topological polar surface area (TPSA) is 86.1 Å². The van der Waals surface area contributed by atoms with E-state index in [0.29, 0.717) is 24.9 Å². The summed E-state index contributed by atoms with van der Waals surface area (Å²) in [6, 6.07) is 0.462. The molecule has 9 nitrogen and oxygen atoms in total. The number of guanidine groups is 1. The van der Waals surface area contributed by atoms with Gasteiger partial charge in [-0.15, -0.1) is 24.0 Å². The summed E-state index contributed by atoms with van der Waals surface area (Å²) >= 11 is 0. The van der Waals surface area contributed by atoms with Crippen LogP contribution in [-0.4, -0.2) is 84.1 Å². The van der Waals surface area contributed by atoms with Gasteiger partial charge in [-0.2, -0.15) is 0 Å². The first kappa shape index (κ1) is 21.5.